The van der Waals surface area contributed by atoms with Crippen LogP contribution in [0, 0.1) is 5.95 Å². The van der Waals surface area contributed by atoms with Crippen molar-refractivity contribution in [1.29, 1.82) is 0 Å². The van der Waals surface area contributed by atoms with Gasteiger partial charge in [-0.25, -0.2) is 4.98 Å². The van der Waals surface area contributed by atoms with Gasteiger partial charge < -0.3 is 0 Å². The quantitative estimate of drug-likeness (QED) is 0.601. The van der Waals surface area contributed by atoms with Crippen LogP contribution in [0.15, 0.2) is 29.4 Å². The molecule has 0 aliphatic carbocycles. The average Bonchev–Trinajstić information content (AvgIpc) is 2.20. The van der Waals surface area contributed by atoms with Gasteiger partial charge in [-0.15, -0.1) is 0 Å². The molecule has 66 valence electrons. The van der Waals surface area contributed by atoms with E-state index in [9.17, 15) is 4.39 Å². The van der Waals surface area contributed by atoms with Crippen molar-refractivity contribution in [1.82, 2.24) is 4.98 Å². The van der Waals surface area contributed by atoms with E-state index in [0.29, 0.717) is 6.54 Å². The van der Waals surface area contributed by atoms with Crippen molar-refractivity contribution in [2.75, 3.05) is 6.54 Å². The van der Waals surface area contributed by atoms with Crippen LogP contribution in [0.3, 0.4) is 0 Å². The lowest BCUT2D eigenvalue weighted by atomic mass is 10.0. The van der Waals surface area contributed by atoms with Gasteiger partial charge >= 0.3 is 0 Å². The lowest BCUT2D eigenvalue weighted by Gasteiger charge is -2.06. The number of nitrogens with zero attached hydrogens (tertiary/aromatic N) is 2. The first-order valence-corrected chi connectivity index (χ1v) is 4.15. The SMILES string of the molecule is Fc1ccc(C2=CCN=CC2)cn1. The molecule has 0 fully saturated rings. The first kappa shape index (κ1) is 8.10. The second-order valence-electron chi connectivity index (χ2n) is 2.85. The van der Waals surface area contributed by atoms with Crippen LogP contribution in [0.4, 0.5) is 4.39 Å². The fourth-order valence-corrected chi connectivity index (χ4v) is 1.29. The number of hydrogen-bond donors (Lipinski definition) is 0. The molecule has 0 saturated carbocycles. The monoisotopic (exact) mass is 176 g/mol. The third-order valence-corrected chi connectivity index (χ3v) is 1.98. The van der Waals surface area contributed by atoms with Gasteiger partial charge in [0.15, 0.2) is 0 Å². The van der Waals surface area contributed by atoms with Crippen LogP contribution < -0.4 is 0 Å². The molecule has 0 radical (unpaired) electrons. The van der Waals surface area contributed by atoms with Crippen LogP contribution in [0.5, 0.6) is 0 Å². The Morgan fingerprint density at radius 3 is 2.85 bits per heavy atom. The lowest BCUT2D eigenvalue weighted by Crippen LogP contribution is -1.94. The minimum atomic E-state index is -0.436. The average molecular weight is 176 g/mol. The number of rotatable bonds is 1. The number of halogens is 1. The summed E-state index contributed by atoms with van der Waals surface area (Å²) in [5.41, 5.74) is 2.15. The van der Waals surface area contributed by atoms with E-state index in [-0.39, 0.29) is 0 Å². The van der Waals surface area contributed by atoms with E-state index in [1.807, 2.05) is 12.3 Å². The highest BCUT2D eigenvalue weighted by Gasteiger charge is 2.03. The maximum Gasteiger partial charge on any atom is 0.212 e. The van der Waals surface area contributed by atoms with Gasteiger partial charge in [0, 0.05) is 18.8 Å². The van der Waals surface area contributed by atoms with Gasteiger partial charge in [-0.2, -0.15) is 4.39 Å². The minimum Gasteiger partial charge on any atom is -0.293 e. The van der Waals surface area contributed by atoms with Crippen molar-refractivity contribution < 1.29 is 4.39 Å². The Kier molecular flexibility index (Phi) is 2.17. The summed E-state index contributed by atoms with van der Waals surface area (Å²) in [6.07, 6.45) is 6.28. The molecule has 1 aromatic rings. The Morgan fingerprint density at radius 2 is 2.23 bits per heavy atom. The molecule has 3 heteroatoms. The highest BCUT2D eigenvalue weighted by molar-refractivity contribution is 5.81. The molecular weight excluding hydrogens is 167 g/mol. The van der Waals surface area contributed by atoms with Crippen molar-refractivity contribution >= 4 is 11.8 Å². The van der Waals surface area contributed by atoms with E-state index in [4.69, 9.17) is 0 Å². The summed E-state index contributed by atoms with van der Waals surface area (Å²) in [4.78, 5) is 7.68. The number of aromatic nitrogens is 1. The zero-order valence-electron chi connectivity index (χ0n) is 7.07. The molecule has 0 spiro atoms. The fraction of sp³-hybridized carbons (Fsp3) is 0.200. The van der Waals surface area contributed by atoms with Crippen molar-refractivity contribution in [2.24, 2.45) is 4.99 Å². The molecule has 0 saturated heterocycles. The number of dihydropyridines is 1. The largest absolute Gasteiger partial charge is 0.293 e. The molecule has 13 heavy (non-hydrogen) atoms. The molecule has 0 N–H and O–H groups in total. The van der Waals surface area contributed by atoms with Crippen molar-refractivity contribution in [3.8, 4) is 0 Å². The summed E-state index contributed by atoms with van der Waals surface area (Å²) < 4.78 is 12.5. The Labute approximate surface area is 75.8 Å². The molecule has 2 heterocycles. The number of hydrogen-bond acceptors (Lipinski definition) is 2. The first-order valence-electron chi connectivity index (χ1n) is 4.15. The van der Waals surface area contributed by atoms with E-state index in [1.54, 1.807) is 12.3 Å². The zero-order chi connectivity index (χ0) is 9.10. The van der Waals surface area contributed by atoms with Crippen molar-refractivity contribution in [3.63, 3.8) is 0 Å². The minimum absolute atomic E-state index is 0.436. The Bertz CT molecular complexity index is 352. The van der Waals surface area contributed by atoms with Gasteiger partial charge in [0.2, 0.25) is 5.95 Å². The summed E-state index contributed by atoms with van der Waals surface area (Å²) in [6, 6.07) is 3.12. The summed E-state index contributed by atoms with van der Waals surface area (Å²) in [5.74, 6) is -0.436. The zero-order valence-corrected chi connectivity index (χ0v) is 7.07. The van der Waals surface area contributed by atoms with Gasteiger partial charge in [-0.3, -0.25) is 4.99 Å². The molecule has 2 rings (SSSR count). The summed E-state index contributed by atoms with van der Waals surface area (Å²) in [6.45, 7) is 0.715. The Hall–Kier alpha value is -1.51. The second kappa shape index (κ2) is 3.47. The maximum atomic E-state index is 12.5. The molecule has 0 bridgehead atoms. The van der Waals surface area contributed by atoms with Crippen LogP contribution in [-0.2, 0) is 0 Å². The van der Waals surface area contributed by atoms with Gasteiger partial charge in [0.05, 0.1) is 6.54 Å². The summed E-state index contributed by atoms with van der Waals surface area (Å²) >= 11 is 0. The normalized spacial score (nSPS) is 15.6. The first-order chi connectivity index (χ1) is 6.36. The Balaban J connectivity index is 2.25. The van der Waals surface area contributed by atoms with E-state index < -0.39 is 5.95 Å². The predicted octanol–water partition coefficient (Wildman–Crippen LogP) is 2.08. The van der Waals surface area contributed by atoms with Crippen molar-refractivity contribution in [2.45, 2.75) is 6.42 Å². The summed E-state index contributed by atoms with van der Waals surface area (Å²) in [5, 5.41) is 0. The van der Waals surface area contributed by atoms with E-state index >= 15 is 0 Å². The molecule has 0 unspecified atom stereocenters. The fourth-order valence-electron chi connectivity index (χ4n) is 1.29. The number of allylic oxidation sites excluding steroid dienone is 1. The van der Waals surface area contributed by atoms with E-state index in [1.165, 1.54) is 11.6 Å². The van der Waals surface area contributed by atoms with Crippen molar-refractivity contribution in [3.05, 3.63) is 35.9 Å². The molecule has 0 aromatic carbocycles. The molecule has 1 aromatic heterocycles. The van der Waals surface area contributed by atoms with Gasteiger partial charge in [0.25, 0.3) is 0 Å². The van der Waals surface area contributed by atoms with Gasteiger partial charge in [-0.1, -0.05) is 6.08 Å². The molecule has 0 amide bonds. The van der Waals surface area contributed by atoms with Gasteiger partial charge in [-0.05, 0) is 23.3 Å². The topological polar surface area (TPSA) is 25.2 Å². The van der Waals surface area contributed by atoms with Crippen LogP contribution in [0.1, 0.15) is 12.0 Å². The number of pyridine rings is 1. The van der Waals surface area contributed by atoms with Gasteiger partial charge in [0.1, 0.15) is 0 Å². The summed E-state index contributed by atoms with van der Waals surface area (Å²) in [7, 11) is 0. The van der Waals surface area contributed by atoms with Crippen LogP contribution in [0.2, 0.25) is 0 Å². The van der Waals surface area contributed by atoms with Crippen LogP contribution in [-0.4, -0.2) is 17.7 Å². The molecule has 0 atom stereocenters. The third-order valence-electron chi connectivity index (χ3n) is 1.98. The lowest BCUT2D eigenvalue weighted by molar-refractivity contribution is 0.583. The molecule has 2 nitrogen and oxygen atoms in total. The maximum absolute atomic E-state index is 12.5. The highest BCUT2D eigenvalue weighted by Crippen LogP contribution is 2.18. The predicted molar refractivity (Wildman–Crippen MR) is 50.1 cm³/mol. The second-order valence-corrected chi connectivity index (χ2v) is 2.85. The van der Waals surface area contributed by atoms with E-state index in [2.05, 4.69) is 9.98 Å². The Morgan fingerprint density at radius 1 is 1.31 bits per heavy atom. The highest BCUT2D eigenvalue weighted by atomic mass is 19.1. The third kappa shape index (κ3) is 1.80. The molecule has 1 aliphatic heterocycles. The number of aliphatic imine (C=N–C) groups is 1. The van der Waals surface area contributed by atoms with Crippen LogP contribution >= 0.6 is 0 Å². The standard InChI is InChI=1S/C10H9FN2/c11-10-2-1-9(7-13-10)8-3-5-12-6-4-8/h1-3,6-7H,4-5H2. The molecule has 1 aliphatic rings. The smallest absolute Gasteiger partial charge is 0.212 e. The van der Waals surface area contributed by atoms with E-state index in [0.717, 1.165) is 12.0 Å². The molecular formula is C10H9FN2. The van der Waals surface area contributed by atoms with Crippen LogP contribution in [0.25, 0.3) is 5.57 Å².